The van der Waals surface area contributed by atoms with E-state index in [0.29, 0.717) is 5.02 Å². The Bertz CT molecular complexity index is 1040. The van der Waals surface area contributed by atoms with Crippen molar-refractivity contribution in [3.05, 3.63) is 59.5 Å². The summed E-state index contributed by atoms with van der Waals surface area (Å²) in [5.41, 5.74) is 4.42. The zero-order valence-electron chi connectivity index (χ0n) is 19.2. The molecule has 0 unspecified atom stereocenters. The predicted molar refractivity (Wildman–Crippen MR) is 126 cm³/mol. The number of aromatic amines is 1. The number of hydrogen-bond acceptors (Lipinski definition) is 4. The minimum atomic E-state index is -0.504. The molecule has 6 heteroatoms. The summed E-state index contributed by atoms with van der Waals surface area (Å²) in [5.74, 6) is 0. The van der Waals surface area contributed by atoms with E-state index in [0.717, 1.165) is 40.9 Å². The topological polar surface area (TPSA) is 54.0 Å². The molecule has 1 aromatic carbocycles. The molecule has 1 aliphatic heterocycles. The molecule has 4 rings (SSSR count). The molecule has 0 aliphatic carbocycles. The van der Waals surface area contributed by atoms with Crippen molar-refractivity contribution in [2.45, 2.75) is 57.2 Å². The lowest BCUT2D eigenvalue weighted by atomic mass is 9.68. The molecule has 0 amide bonds. The molecule has 3 heterocycles. The van der Waals surface area contributed by atoms with Gasteiger partial charge in [0.2, 0.25) is 0 Å². The summed E-state index contributed by atoms with van der Waals surface area (Å²) >= 11 is 6.14. The first-order chi connectivity index (χ1) is 14.6. The van der Waals surface area contributed by atoms with Crippen LogP contribution in [0.3, 0.4) is 0 Å². The normalized spacial score (nSPS) is 20.0. The lowest BCUT2D eigenvalue weighted by Gasteiger charge is -2.57. The van der Waals surface area contributed by atoms with Gasteiger partial charge in [-0.05, 0) is 64.6 Å². The molecule has 0 bridgehead atoms. The molecule has 0 spiro atoms. The van der Waals surface area contributed by atoms with Crippen LogP contribution in [0.15, 0.2) is 48.8 Å². The molecule has 0 atom stereocenters. The van der Waals surface area contributed by atoms with E-state index in [1.807, 2.05) is 55.9 Å². The van der Waals surface area contributed by atoms with E-state index in [9.17, 15) is 0 Å². The number of halogens is 1. The molecule has 164 valence electrons. The fraction of sp³-hybridized carbons (Fsp3) is 0.440. The molecule has 3 aromatic rings. The number of aromatic nitrogens is 3. The second-order valence-electron chi connectivity index (χ2n) is 9.80. The van der Waals surface area contributed by atoms with Crippen molar-refractivity contribution in [2.75, 3.05) is 14.2 Å². The highest BCUT2D eigenvalue weighted by atomic mass is 35.5. The molecule has 0 radical (unpaired) electrons. The standard InChI is InChI=1S/C25H31ClN4O/c1-23(2)15-25(31-6,16-24(3,4)30(23)5)22-20(17-11-13-27-14-12-17)21(28-29-22)18-7-9-19(26)10-8-18/h7-14H,15-16H2,1-6H3,(H,28,29). The molecular formula is C25H31ClN4O. The first-order valence-corrected chi connectivity index (χ1v) is 11.0. The molecule has 2 aromatic heterocycles. The third kappa shape index (κ3) is 3.79. The van der Waals surface area contributed by atoms with Crippen molar-refractivity contribution in [3.63, 3.8) is 0 Å². The Morgan fingerprint density at radius 1 is 0.935 bits per heavy atom. The summed E-state index contributed by atoms with van der Waals surface area (Å²) in [4.78, 5) is 6.68. The quantitative estimate of drug-likeness (QED) is 0.549. The first kappa shape index (κ1) is 22.0. The van der Waals surface area contributed by atoms with Crippen molar-refractivity contribution in [2.24, 2.45) is 0 Å². The SMILES string of the molecule is COC1(c2[nH]nc(-c3ccc(Cl)cc3)c2-c2ccncc2)CC(C)(C)N(C)C(C)(C)C1. The van der Waals surface area contributed by atoms with Crippen LogP contribution in [0.4, 0.5) is 0 Å². The van der Waals surface area contributed by atoms with Crippen LogP contribution in [0.2, 0.25) is 5.02 Å². The highest BCUT2D eigenvalue weighted by Gasteiger charge is 2.53. The number of pyridine rings is 1. The Hall–Kier alpha value is -2.21. The summed E-state index contributed by atoms with van der Waals surface area (Å²) in [6, 6.07) is 11.9. The smallest absolute Gasteiger partial charge is 0.113 e. The number of ether oxygens (including phenoxy) is 1. The molecule has 0 saturated carbocycles. The highest BCUT2D eigenvalue weighted by molar-refractivity contribution is 6.30. The highest BCUT2D eigenvalue weighted by Crippen LogP contribution is 2.52. The molecule has 1 fully saturated rings. The Morgan fingerprint density at radius 2 is 1.52 bits per heavy atom. The molecule has 5 nitrogen and oxygen atoms in total. The number of likely N-dealkylation sites (tertiary alicyclic amines) is 1. The minimum Gasteiger partial charge on any atom is -0.372 e. The van der Waals surface area contributed by atoms with Gasteiger partial charge >= 0.3 is 0 Å². The molecule has 31 heavy (non-hydrogen) atoms. The number of nitrogens with one attached hydrogen (secondary N) is 1. The summed E-state index contributed by atoms with van der Waals surface area (Å²) < 4.78 is 6.38. The van der Waals surface area contributed by atoms with Gasteiger partial charge in [0.05, 0.1) is 5.69 Å². The molecule has 1 aliphatic rings. The number of rotatable bonds is 4. The second kappa shape index (κ2) is 7.73. The average Bonchev–Trinajstić information content (AvgIpc) is 3.18. The zero-order valence-corrected chi connectivity index (χ0v) is 19.9. The van der Waals surface area contributed by atoms with E-state index in [4.69, 9.17) is 21.4 Å². The maximum Gasteiger partial charge on any atom is 0.113 e. The van der Waals surface area contributed by atoms with Crippen molar-refractivity contribution < 1.29 is 4.74 Å². The number of hydrogen-bond donors (Lipinski definition) is 1. The van der Waals surface area contributed by atoms with Gasteiger partial charge in [-0.15, -0.1) is 0 Å². The largest absolute Gasteiger partial charge is 0.372 e. The monoisotopic (exact) mass is 438 g/mol. The summed E-state index contributed by atoms with van der Waals surface area (Å²) in [6.45, 7) is 9.13. The fourth-order valence-corrected chi connectivity index (χ4v) is 5.35. The Kier molecular flexibility index (Phi) is 5.49. The van der Waals surface area contributed by atoms with E-state index in [1.165, 1.54) is 0 Å². The number of benzene rings is 1. The third-order valence-electron chi connectivity index (χ3n) is 6.95. The Morgan fingerprint density at radius 3 is 2.06 bits per heavy atom. The average molecular weight is 439 g/mol. The Labute approximate surface area is 189 Å². The summed E-state index contributed by atoms with van der Waals surface area (Å²) in [6.07, 6.45) is 5.33. The second-order valence-corrected chi connectivity index (χ2v) is 10.2. The Balaban J connectivity index is 1.95. The van der Waals surface area contributed by atoms with E-state index in [2.05, 4.69) is 49.7 Å². The van der Waals surface area contributed by atoms with Gasteiger partial charge in [0.15, 0.2) is 0 Å². The van der Waals surface area contributed by atoms with Crippen LogP contribution in [0.5, 0.6) is 0 Å². The van der Waals surface area contributed by atoms with Gasteiger partial charge in [0.25, 0.3) is 0 Å². The van der Waals surface area contributed by atoms with Gasteiger partial charge in [0.1, 0.15) is 11.3 Å². The van der Waals surface area contributed by atoms with Crippen LogP contribution in [0.1, 0.15) is 46.2 Å². The van der Waals surface area contributed by atoms with Gasteiger partial charge in [-0.1, -0.05) is 23.7 Å². The van der Waals surface area contributed by atoms with Crippen LogP contribution >= 0.6 is 11.6 Å². The van der Waals surface area contributed by atoms with E-state index in [-0.39, 0.29) is 11.1 Å². The number of piperidine rings is 1. The van der Waals surface area contributed by atoms with Crippen LogP contribution in [0, 0.1) is 0 Å². The third-order valence-corrected chi connectivity index (χ3v) is 7.20. The van der Waals surface area contributed by atoms with Crippen LogP contribution in [-0.4, -0.2) is 45.3 Å². The fourth-order valence-electron chi connectivity index (χ4n) is 5.23. The predicted octanol–water partition coefficient (Wildman–Crippen LogP) is 5.92. The van der Waals surface area contributed by atoms with Gasteiger partial charge in [-0.3, -0.25) is 15.0 Å². The summed E-state index contributed by atoms with van der Waals surface area (Å²) in [7, 11) is 4.02. The van der Waals surface area contributed by atoms with Crippen molar-refractivity contribution in [1.82, 2.24) is 20.1 Å². The molecule has 1 N–H and O–H groups in total. The van der Waals surface area contributed by atoms with Crippen LogP contribution in [0.25, 0.3) is 22.4 Å². The van der Waals surface area contributed by atoms with Gasteiger partial charge in [-0.2, -0.15) is 5.10 Å². The molecule has 1 saturated heterocycles. The van der Waals surface area contributed by atoms with Crippen LogP contribution in [-0.2, 0) is 10.3 Å². The maximum absolute atomic E-state index is 6.38. The van der Waals surface area contributed by atoms with Gasteiger partial charge in [0, 0.05) is 59.6 Å². The van der Waals surface area contributed by atoms with Crippen molar-refractivity contribution in [3.8, 4) is 22.4 Å². The number of nitrogens with zero attached hydrogens (tertiary/aromatic N) is 3. The lowest BCUT2D eigenvalue weighted by molar-refractivity contribution is -0.148. The van der Waals surface area contributed by atoms with E-state index >= 15 is 0 Å². The first-order valence-electron chi connectivity index (χ1n) is 10.6. The maximum atomic E-state index is 6.38. The number of H-pyrrole nitrogens is 1. The van der Waals surface area contributed by atoms with E-state index < -0.39 is 5.60 Å². The number of methoxy groups -OCH3 is 1. The molecular weight excluding hydrogens is 408 g/mol. The van der Waals surface area contributed by atoms with Gasteiger partial charge < -0.3 is 4.74 Å². The van der Waals surface area contributed by atoms with Gasteiger partial charge in [-0.25, -0.2) is 0 Å². The van der Waals surface area contributed by atoms with E-state index in [1.54, 1.807) is 0 Å². The zero-order chi connectivity index (χ0) is 22.4. The summed E-state index contributed by atoms with van der Waals surface area (Å²) in [5, 5.41) is 8.89. The van der Waals surface area contributed by atoms with Crippen molar-refractivity contribution in [1.29, 1.82) is 0 Å². The van der Waals surface area contributed by atoms with Crippen LogP contribution < -0.4 is 0 Å². The lowest BCUT2D eigenvalue weighted by Crippen LogP contribution is -2.63. The minimum absolute atomic E-state index is 0.0567. The van der Waals surface area contributed by atoms with Crippen molar-refractivity contribution >= 4 is 11.6 Å².